The van der Waals surface area contributed by atoms with Crippen molar-refractivity contribution in [1.82, 2.24) is 14.9 Å². The van der Waals surface area contributed by atoms with Gasteiger partial charge in [0.15, 0.2) is 5.82 Å². The highest BCUT2D eigenvalue weighted by molar-refractivity contribution is 6.04. The van der Waals surface area contributed by atoms with Gasteiger partial charge in [-0.15, -0.1) is 0 Å². The molecule has 8 heteroatoms. The molecule has 0 unspecified atom stereocenters. The minimum absolute atomic E-state index is 0.0224. The van der Waals surface area contributed by atoms with Crippen molar-refractivity contribution in [2.75, 3.05) is 11.9 Å². The van der Waals surface area contributed by atoms with E-state index in [0.29, 0.717) is 17.4 Å². The van der Waals surface area contributed by atoms with Gasteiger partial charge in [0.1, 0.15) is 17.6 Å². The number of anilines is 2. The highest BCUT2D eigenvalue weighted by atomic mass is 19.1. The van der Waals surface area contributed by atoms with E-state index in [1.165, 1.54) is 24.5 Å². The van der Waals surface area contributed by atoms with E-state index in [4.69, 9.17) is 0 Å². The molecular formula is C18H16F2N4O2. The summed E-state index contributed by atoms with van der Waals surface area (Å²) in [4.78, 5) is 26.9. The minimum Gasteiger partial charge on any atom is -0.350 e. The normalized spacial score (nSPS) is 10.8. The number of aromatic nitrogens is 2. The molecule has 0 saturated carbocycles. The SMILES string of the molecule is Cc1ccc(Nc2c(C(=O)NCC=O)cc3c(ncn3C)c2F)c(F)c1. The molecule has 26 heavy (non-hydrogen) atoms. The van der Waals surface area contributed by atoms with Crippen LogP contribution in [0.4, 0.5) is 20.2 Å². The highest BCUT2D eigenvalue weighted by Gasteiger charge is 2.22. The molecule has 0 aliphatic carbocycles. The van der Waals surface area contributed by atoms with Crippen LogP contribution in [0.25, 0.3) is 11.0 Å². The van der Waals surface area contributed by atoms with E-state index in [1.54, 1.807) is 24.6 Å². The lowest BCUT2D eigenvalue weighted by atomic mass is 10.1. The molecule has 1 heterocycles. The number of aryl methyl sites for hydroxylation is 2. The maximum absolute atomic E-state index is 15.0. The quantitative estimate of drug-likeness (QED) is 0.688. The number of aldehydes is 1. The van der Waals surface area contributed by atoms with Crippen LogP contribution in [0, 0.1) is 18.6 Å². The third kappa shape index (κ3) is 3.13. The van der Waals surface area contributed by atoms with E-state index in [-0.39, 0.29) is 29.0 Å². The van der Waals surface area contributed by atoms with Gasteiger partial charge in [-0.1, -0.05) is 6.07 Å². The van der Waals surface area contributed by atoms with E-state index in [0.717, 1.165) is 0 Å². The Labute approximate surface area is 147 Å². The number of carbonyl (C=O) groups is 2. The zero-order valence-electron chi connectivity index (χ0n) is 14.1. The van der Waals surface area contributed by atoms with E-state index in [9.17, 15) is 14.0 Å². The number of nitrogens with one attached hydrogen (secondary N) is 2. The first-order chi connectivity index (χ1) is 12.4. The number of nitrogens with zero attached hydrogens (tertiary/aromatic N) is 2. The molecule has 0 aliphatic heterocycles. The van der Waals surface area contributed by atoms with Crippen molar-refractivity contribution in [2.45, 2.75) is 6.92 Å². The molecule has 3 rings (SSSR count). The molecule has 2 aromatic carbocycles. The van der Waals surface area contributed by atoms with Crippen molar-refractivity contribution >= 4 is 34.6 Å². The monoisotopic (exact) mass is 358 g/mol. The molecule has 0 saturated heterocycles. The summed E-state index contributed by atoms with van der Waals surface area (Å²) in [6.45, 7) is 1.51. The Hall–Kier alpha value is -3.29. The first-order valence-electron chi connectivity index (χ1n) is 7.81. The Morgan fingerprint density at radius 2 is 2.08 bits per heavy atom. The smallest absolute Gasteiger partial charge is 0.253 e. The maximum Gasteiger partial charge on any atom is 0.253 e. The van der Waals surface area contributed by atoms with Crippen molar-refractivity contribution in [2.24, 2.45) is 7.05 Å². The van der Waals surface area contributed by atoms with Crippen LogP contribution in [-0.4, -0.2) is 28.3 Å². The fraction of sp³-hybridized carbons (Fsp3) is 0.167. The van der Waals surface area contributed by atoms with Crippen LogP contribution in [0.3, 0.4) is 0 Å². The Morgan fingerprint density at radius 3 is 2.77 bits per heavy atom. The first kappa shape index (κ1) is 17.5. The van der Waals surface area contributed by atoms with Crippen molar-refractivity contribution in [3.63, 3.8) is 0 Å². The number of benzene rings is 2. The third-order valence-electron chi connectivity index (χ3n) is 3.94. The zero-order valence-corrected chi connectivity index (χ0v) is 14.1. The number of carbonyl (C=O) groups excluding carboxylic acids is 2. The van der Waals surface area contributed by atoms with Crippen LogP contribution in [0.1, 0.15) is 15.9 Å². The molecule has 0 bridgehead atoms. The van der Waals surface area contributed by atoms with Crippen LogP contribution in [0.5, 0.6) is 0 Å². The molecule has 0 radical (unpaired) electrons. The van der Waals surface area contributed by atoms with Gasteiger partial charge in [-0.3, -0.25) is 4.79 Å². The Morgan fingerprint density at radius 1 is 1.31 bits per heavy atom. The Kier molecular flexibility index (Phi) is 4.66. The van der Waals surface area contributed by atoms with E-state index in [1.807, 2.05) is 0 Å². The first-order valence-corrected chi connectivity index (χ1v) is 7.81. The summed E-state index contributed by atoms with van der Waals surface area (Å²) in [5, 5.41) is 5.01. The number of imidazole rings is 1. The Bertz CT molecular complexity index is 1010. The lowest BCUT2D eigenvalue weighted by molar-refractivity contribution is -0.107. The van der Waals surface area contributed by atoms with Crippen molar-refractivity contribution in [3.8, 4) is 0 Å². The molecule has 6 nitrogen and oxygen atoms in total. The van der Waals surface area contributed by atoms with Gasteiger partial charge in [0, 0.05) is 7.05 Å². The van der Waals surface area contributed by atoms with Gasteiger partial charge in [0.2, 0.25) is 0 Å². The number of hydrogen-bond donors (Lipinski definition) is 2. The van der Waals surface area contributed by atoms with Gasteiger partial charge >= 0.3 is 0 Å². The third-order valence-corrected chi connectivity index (χ3v) is 3.94. The summed E-state index contributed by atoms with van der Waals surface area (Å²) >= 11 is 0. The number of fused-ring (bicyclic) bond motifs is 1. The molecular weight excluding hydrogens is 342 g/mol. The van der Waals surface area contributed by atoms with Crippen molar-refractivity contribution in [3.05, 3.63) is 53.4 Å². The van der Waals surface area contributed by atoms with Gasteiger partial charge < -0.3 is 20.0 Å². The highest BCUT2D eigenvalue weighted by Crippen LogP contribution is 2.31. The van der Waals surface area contributed by atoms with Crippen LogP contribution < -0.4 is 10.6 Å². The lowest BCUT2D eigenvalue weighted by Crippen LogP contribution is -2.26. The van der Waals surface area contributed by atoms with Gasteiger partial charge in [0.05, 0.1) is 35.3 Å². The Balaban J connectivity index is 2.15. The second-order valence-electron chi connectivity index (χ2n) is 5.82. The standard InChI is InChI=1S/C18H16F2N4O2/c1-10-3-4-13(12(19)7-10)23-16-11(18(26)21-5-6-25)8-14-17(15(16)20)22-9-24(14)2/h3-4,6-9,23H,5H2,1-2H3,(H,21,26). The molecule has 0 atom stereocenters. The molecule has 134 valence electrons. The number of halogens is 2. The summed E-state index contributed by atoms with van der Waals surface area (Å²) in [5.41, 5.74) is 0.915. The molecule has 1 aromatic heterocycles. The molecule has 3 aromatic rings. The topological polar surface area (TPSA) is 76.0 Å². The van der Waals surface area contributed by atoms with Crippen LogP contribution in [-0.2, 0) is 11.8 Å². The molecule has 0 spiro atoms. The van der Waals surface area contributed by atoms with Gasteiger partial charge in [0.25, 0.3) is 5.91 Å². The van der Waals surface area contributed by atoms with Crippen LogP contribution >= 0.6 is 0 Å². The largest absolute Gasteiger partial charge is 0.350 e. The summed E-state index contributed by atoms with van der Waals surface area (Å²) in [5.74, 6) is -2.02. The lowest BCUT2D eigenvalue weighted by Gasteiger charge is -2.14. The predicted molar refractivity (Wildman–Crippen MR) is 93.5 cm³/mol. The maximum atomic E-state index is 15.0. The van der Waals surface area contributed by atoms with Crippen LogP contribution in [0.15, 0.2) is 30.6 Å². The fourth-order valence-electron chi connectivity index (χ4n) is 2.61. The van der Waals surface area contributed by atoms with E-state index >= 15 is 4.39 Å². The molecule has 1 amide bonds. The van der Waals surface area contributed by atoms with Gasteiger partial charge in [-0.25, -0.2) is 13.8 Å². The van der Waals surface area contributed by atoms with Gasteiger partial charge in [-0.2, -0.15) is 0 Å². The molecule has 0 aliphatic rings. The second kappa shape index (κ2) is 6.91. The summed E-state index contributed by atoms with van der Waals surface area (Å²) in [6.07, 6.45) is 1.93. The van der Waals surface area contributed by atoms with E-state index in [2.05, 4.69) is 15.6 Å². The average molecular weight is 358 g/mol. The molecule has 2 N–H and O–H groups in total. The number of amides is 1. The number of rotatable bonds is 5. The van der Waals surface area contributed by atoms with Crippen molar-refractivity contribution in [1.29, 1.82) is 0 Å². The van der Waals surface area contributed by atoms with Crippen LogP contribution in [0.2, 0.25) is 0 Å². The average Bonchev–Trinajstić information content (AvgIpc) is 2.98. The fourth-order valence-corrected chi connectivity index (χ4v) is 2.61. The van der Waals surface area contributed by atoms with Gasteiger partial charge in [-0.05, 0) is 30.7 Å². The summed E-state index contributed by atoms with van der Waals surface area (Å²) < 4.78 is 30.7. The second-order valence-corrected chi connectivity index (χ2v) is 5.82. The zero-order chi connectivity index (χ0) is 18.8. The van der Waals surface area contributed by atoms with Crippen molar-refractivity contribution < 1.29 is 18.4 Å². The predicted octanol–water partition coefficient (Wildman–Crippen LogP) is 2.83. The summed E-state index contributed by atoms with van der Waals surface area (Å²) in [6, 6.07) is 5.86. The van der Waals surface area contributed by atoms with E-state index < -0.39 is 17.5 Å². The molecule has 0 fully saturated rings. The number of hydrogen-bond acceptors (Lipinski definition) is 4. The minimum atomic E-state index is -0.778. The summed E-state index contributed by atoms with van der Waals surface area (Å²) in [7, 11) is 1.66.